The number of nitrogens with one attached hydrogen (secondary N) is 1. The molecule has 408 valence electrons. The number of carbonyl (C=O) groups excluding carboxylic acids is 6. The number of hydrogen-bond acceptors (Lipinski definition) is 18. The predicted octanol–water partition coefficient (Wildman–Crippen LogP) is 4.38. The smallest absolute Gasteiger partial charge is 0.480 e. The zero-order valence-corrected chi connectivity index (χ0v) is 44.6. The van der Waals surface area contributed by atoms with Crippen molar-refractivity contribution >= 4 is 47.5 Å². The van der Waals surface area contributed by atoms with Gasteiger partial charge in [0, 0.05) is 37.7 Å². The Bertz CT molecular complexity index is 2650. The first-order chi connectivity index (χ1) is 33.9. The first-order valence-electron chi connectivity index (χ1n) is 23.5. The second kappa shape index (κ2) is 23.4. The summed E-state index contributed by atoms with van der Waals surface area (Å²) < 4.78 is 30.3. The molecule has 8 rings (SSSR count). The fraction of sp³-hybridized carbons (Fsp3) is 0.472. The van der Waals surface area contributed by atoms with Gasteiger partial charge in [-0.1, -0.05) is 80.6 Å². The number of Topliss-reactive ketones (excluding diaryl/α,β-unsaturated/α-hetero) is 1. The summed E-state index contributed by atoms with van der Waals surface area (Å²) in [6.07, 6.45) is -9.25. The molecule has 5 aliphatic rings. The van der Waals surface area contributed by atoms with Crippen LogP contribution in [0.4, 0.5) is 0 Å². The Morgan fingerprint density at radius 1 is 0.773 bits per heavy atom. The Kier molecular flexibility index (Phi) is 19.1. The quantitative estimate of drug-likeness (QED) is 0.0539. The third-order valence-corrected chi connectivity index (χ3v) is 15.5. The van der Waals surface area contributed by atoms with Crippen LogP contribution in [0.15, 0.2) is 102 Å². The van der Waals surface area contributed by atoms with Crippen molar-refractivity contribution in [1.82, 2.24) is 17.6 Å². The van der Waals surface area contributed by atoms with Crippen molar-refractivity contribution in [3.63, 3.8) is 0 Å². The first-order valence-corrected chi connectivity index (χ1v) is 23.5. The predicted molar refractivity (Wildman–Crippen MR) is 259 cm³/mol. The number of benzene rings is 3. The number of ether oxygens (including phenoxy) is 5. The van der Waals surface area contributed by atoms with Crippen LogP contribution in [0.25, 0.3) is 0 Å². The summed E-state index contributed by atoms with van der Waals surface area (Å²) in [6.45, 7) is 7.97. The van der Waals surface area contributed by atoms with Crippen molar-refractivity contribution in [2.75, 3.05) is 6.61 Å². The molecule has 12 N–H and O–H groups in total. The molecule has 0 aromatic heterocycles. The van der Waals surface area contributed by atoms with Crippen LogP contribution in [-0.2, 0) is 73.5 Å². The van der Waals surface area contributed by atoms with Gasteiger partial charge in [-0.3, -0.25) is 28.8 Å². The number of aliphatic hydroxyl groups is 3. The molecule has 1 heterocycles. The number of rotatable bonds is 12. The Hall–Kier alpha value is -6.19. The van der Waals surface area contributed by atoms with E-state index in [0.29, 0.717) is 12.0 Å². The molecule has 0 spiro atoms. The molecule has 3 aromatic rings. The Morgan fingerprint density at radius 3 is 1.76 bits per heavy atom. The van der Waals surface area contributed by atoms with Gasteiger partial charge >= 0.3 is 56.9 Å². The van der Waals surface area contributed by atoms with Crippen molar-refractivity contribution in [1.29, 1.82) is 0 Å². The van der Waals surface area contributed by atoms with Crippen LogP contribution in [-0.4, -0.2) is 127 Å². The monoisotopic (exact) mass is 1230 g/mol. The average molecular weight is 1230 g/mol. The summed E-state index contributed by atoms with van der Waals surface area (Å²) in [5.74, 6) is -9.25. The average Bonchev–Trinajstić information content (AvgIpc) is 3.31. The molecule has 21 nitrogen and oxygen atoms in total. The summed E-state index contributed by atoms with van der Waals surface area (Å²) >= 11 is 0. The number of ketones is 1. The molecule has 11 atom stereocenters. The van der Waals surface area contributed by atoms with E-state index < -0.39 is 130 Å². The Labute approximate surface area is 447 Å². The molecule has 4 fully saturated rings. The first kappa shape index (κ1) is 61.4. The Balaban J connectivity index is 0.000000840. The van der Waals surface area contributed by atoms with Crippen LogP contribution in [0, 0.1) is 22.2 Å². The van der Waals surface area contributed by atoms with Crippen molar-refractivity contribution in [2.24, 2.45) is 22.2 Å². The van der Waals surface area contributed by atoms with E-state index in [2.05, 4.69) is 5.32 Å². The molecular formula is C53H65N3O18Pt+2. The van der Waals surface area contributed by atoms with Gasteiger partial charge in [0.25, 0.3) is 5.91 Å². The van der Waals surface area contributed by atoms with Gasteiger partial charge in [0.2, 0.25) is 0 Å². The molecule has 3 saturated carbocycles. The SMILES string of the molecule is CC(=O)O[C@H]1C(=O)[C@@]2(C)[C@H]([C@H](OC(=O)c3ccccc3)[C@]3(O)C[C@H](OC(=O)[C@H](O)[C@@H](NC(=O)c4ccccc4)c4ccccc4)C(C)=C1C3(C)C)[C@]1(OC(C)=O)CO[C@@H]1C[C@@H]2O.N.N.O=C(O)C1(C(=O)O)CCC1.[Pt+2]. The van der Waals surface area contributed by atoms with Crippen LogP contribution < -0.4 is 17.6 Å². The maximum atomic E-state index is 15.5. The number of carboxylic acid groups (broad SMARTS) is 2. The van der Waals surface area contributed by atoms with Gasteiger partial charge in [-0.15, -0.1) is 0 Å². The molecule has 75 heavy (non-hydrogen) atoms. The number of carboxylic acids is 2. The summed E-state index contributed by atoms with van der Waals surface area (Å²) in [7, 11) is 0. The zero-order chi connectivity index (χ0) is 52.7. The van der Waals surface area contributed by atoms with E-state index in [1.165, 1.54) is 26.0 Å². The maximum Gasteiger partial charge on any atom is 2.00 e. The summed E-state index contributed by atoms with van der Waals surface area (Å²) in [6, 6.07) is 22.9. The van der Waals surface area contributed by atoms with Gasteiger partial charge < -0.3 is 66.8 Å². The molecular weight excluding hydrogens is 1160 g/mol. The number of amides is 1. The molecule has 0 radical (unpaired) electrons. The van der Waals surface area contributed by atoms with E-state index in [1.807, 2.05) is 0 Å². The molecule has 22 heteroatoms. The summed E-state index contributed by atoms with van der Waals surface area (Å²) in [4.78, 5) is 104. The minimum Gasteiger partial charge on any atom is -0.480 e. The van der Waals surface area contributed by atoms with Crippen LogP contribution in [0.3, 0.4) is 0 Å². The van der Waals surface area contributed by atoms with E-state index >= 15 is 4.79 Å². The van der Waals surface area contributed by atoms with Gasteiger partial charge in [0.05, 0.1) is 35.6 Å². The Morgan fingerprint density at radius 2 is 1.31 bits per heavy atom. The fourth-order valence-electron chi connectivity index (χ4n) is 11.2. The van der Waals surface area contributed by atoms with Gasteiger partial charge in [-0.25, -0.2) is 9.59 Å². The molecule has 0 unspecified atom stereocenters. The van der Waals surface area contributed by atoms with Gasteiger partial charge in [0.15, 0.2) is 29.0 Å². The topological polar surface area (TPSA) is 366 Å². The number of aliphatic hydroxyl groups excluding tert-OH is 2. The van der Waals surface area contributed by atoms with Gasteiger partial charge in [-0.05, 0) is 74.1 Å². The standard InChI is InChI=1S/C47H51NO14.C6H8O4.2H3N.Pt/c1-25-31(60-43(56)36(52)35(28-16-10-7-11-17-28)48-41(54)29-18-12-8-13-19-29)23-47(57)40(61-42(55)30-20-14-9-15-21-30)38-45(6,32(51)22-33-46(38,24-58-33)62-27(3)50)39(53)37(59-26(2)49)34(25)44(47,4)5;7-4(8)6(5(9)10)2-1-3-6;;;/h7-21,31-33,35-38,40,51-52,57H,22-24H2,1-6H3,(H,48,54);1-3H2,(H,7,8)(H,9,10);2*1H3;/q;;;;+2/t31-,32-,33+,35-,36+,37+,38-,40-,45+,46-,47+;;;;/m0..../s1. The fourth-order valence-corrected chi connectivity index (χ4v) is 11.2. The number of fused-ring (bicyclic) bond motifs is 5. The second-order valence-electron chi connectivity index (χ2n) is 19.9. The zero-order valence-electron chi connectivity index (χ0n) is 42.3. The molecule has 4 aliphatic carbocycles. The molecule has 2 bridgehead atoms. The van der Waals surface area contributed by atoms with Gasteiger partial charge in [-0.2, -0.15) is 0 Å². The summed E-state index contributed by atoms with van der Waals surface area (Å²) in [5.41, 5.74) is -8.46. The molecule has 3 aromatic carbocycles. The number of esters is 4. The maximum absolute atomic E-state index is 15.5. The molecule has 1 aliphatic heterocycles. The van der Waals surface area contributed by atoms with Crippen LogP contribution in [0.2, 0.25) is 0 Å². The van der Waals surface area contributed by atoms with Crippen molar-refractivity contribution in [3.05, 3.63) is 119 Å². The van der Waals surface area contributed by atoms with Crippen molar-refractivity contribution < 1.29 is 109 Å². The van der Waals surface area contributed by atoms with E-state index in [4.69, 9.17) is 33.9 Å². The number of carbonyl (C=O) groups is 8. The molecule has 1 amide bonds. The number of hydrogen-bond donors (Lipinski definition) is 8. The van der Waals surface area contributed by atoms with Crippen molar-refractivity contribution in [2.45, 2.75) is 128 Å². The largest absolute Gasteiger partial charge is 2.00 e. The van der Waals surface area contributed by atoms with E-state index in [9.17, 15) is 48.9 Å². The van der Waals surface area contributed by atoms with E-state index in [0.717, 1.165) is 13.8 Å². The minimum absolute atomic E-state index is 0. The summed E-state index contributed by atoms with van der Waals surface area (Å²) in [5, 5.41) is 57.2. The number of aliphatic carboxylic acids is 2. The van der Waals surface area contributed by atoms with Crippen molar-refractivity contribution in [3.8, 4) is 0 Å². The van der Waals surface area contributed by atoms with Crippen LogP contribution in [0.5, 0.6) is 0 Å². The van der Waals surface area contributed by atoms with Crippen LogP contribution >= 0.6 is 0 Å². The molecule has 1 saturated heterocycles. The minimum atomic E-state index is -2.39. The van der Waals surface area contributed by atoms with Crippen LogP contribution in [0.1, 0.15) is 106 Å². The van der Waals surface area contributed by atoms with E-state index in [1.54, 1.807) is 92.7 Å². The van der Waals surface area contributed by atoms with Gasteiger partial charge in [0.1, 0.15) is 23.9 Å². The third kappa shape index (κ3) is 10.8. The normalized spacial score (nSPS) is 29.2. The third-order valence-electron chi connectivity index (χ3n) is 15.5. The second-order valence-corrected chi connectivity index (χ2v) is 19.9. The van der Waals surface area contributed by atoms with E-state index in [-0.39, 0.29) is 81.5 Å².